The molecule has 0 aliphatic rings. The third-order valence-corrected chi connectivity index (χ3v) is 11.5. The number of unbranched alkanes of at least 4 members (excludes halogenated alkanes) is 26. The smallest absolute Gasteiger partial charge is 0.268 e. The highest BCUT2D eigenvalue weighted by molar-refractivity contribution is 7.45. The Balaban J connectivity index is 4.39. The van der Waals surface area contributed by atoms with E-state index in [2.05, 4.69) is 43.5 Å². The molecule has 0 fully saturated rings. The highest BCUT2D eigenvalue weighted by Gasteiger charge is 2.23. The Morgan fingerprint density at radius 2 is 0.982 bits per heavy atom. The van der Waals surface area contributed by atoms with Gasteiger partial charge >= 0.3 is 0 Å². The number of hydrogen-bond donors (Lipinski definition) is 2. The second kappa shape index (κ2) is 40.1. The van der Waals surface area contributed by atoms with Crippen molar-refractivity contribution in [3.05, 3.63) is 36.5 Å². The zero-order valence-electron chi connectivity index (χ0n) is 38.0. The summed E-state index contributed by atoms with van der Waals surface area (Å²) in [6, 6.07) is -0.905. The monoisotopic (exact) mass is 825 g/mol. The first-order chi connectivity index (χ1) is 27.5. The summed E-state index contributed by atoms with van der Waals surface area (Å²) < 4.78 is 23.2. The van der Waals surface area contributed by atoms with Crippen LogP contribution in [-0.2, 0) is 18.4 Å². The van der Waals surface area contributed by atoms with E-state index in [1.807, 2.05) is 27.2 Å². The molecule has 0 bridgehead atoms. The lowest BCUT2D eigenvalue weighted by Gasteiger charge is -2.29. The maximum Gasteiger partial charge on any atom is 0.268 e. The molecule has 0 saturated heterocycles. The number of aliphatic hydroxyl groups excluding tert-OH is 1. The quantitative estimate of drug-likeness (QED) is 0.0274. The molecule has 2 N–H and O–H groups in total. The number of phosphoric ester groups is 1. The topological polar surface area (TPSA) is 108 Å². The second-order valence-electron chi connectivity index (χ2n) is 17.5. The van der Waals surface area contributed by atoms with Crippen LogP contribution in [0.25, 0.3) is 0 Å². The van der Waals surface area contributed by atoms with Gasteiger partial charge in [-0.25, -0.2) is 0 Å². The van der Waals surface area contributed by atoms with Gasteiger partial charge in [0.1, 0.15) is 13.2 Å². The van der Waals surface area contributed by atoms with Crippen molar-refractivity contribution in [2.75, 3.05) is 40.9 Å². The predicted octanol–water partition coefficient (Wildman–Crippen LogP) is 12.8. The molecule has 57 heavy (non-hydrogen) atoms. The van der Waals surface area contributed by atoms with E-state index in [4.69, 9.17) is 9.05 Å². The van der Waals surface area contributed by atoms with Crippen LogP contribution in [0.4, 0.5) is 0 Å². The van der Waals surface area contributed by atoms with Crippen LogP contribution in [0.3, 0.4) is 0 Å². The lowest BCUT2D eigenvalue weighted by molar-refractivity contribution is -0.870. The van der Waals surface area contributed by atoms with Crippen LogP contribution in [0.2, 0.25) is 0 Å². The number of phosphoric acid groups is 1. The van der Waals surface area contributed by atoms with Gasteiger partial charge in [-0.15, -0.1) is 0 Å². The lowest BCUT2D eigenvalue weighted by atomic mass is 10.0. The molecule has 1 amide bonds. The minimum atomic E-state index is -4.60. The molecule has 0 heterocycles. The Kier molecular flexibility index (Phi) is 39.2. The Morgan fingerprint density at radius 1 is 0.596 bits per heavy atom. The number of allylic oxidation sites excluding steroid dienone is 5. The van der Waals surface area contributed by atoms with Crippen LogP contribution in [0, 0.1) is 0 Å². The van der Waals surface area contributed by atoms with Crippen molar-refractivity contribution in [1.29, 1.82) is 0 Å². The van der Waals surface area contributed by atoms with Gasteiger partial charge in [-0.2, -0.15) is 0 Å². The first kappa shape index (κ1) is 55.7. The van der Waals surface area contributed by atoms with Crippen molar-refractivity contribution in [3.63, 3.8) is 0 Å². The molecule has 0 saturated carbocycles. The van der Waals surface area contributed by atoms with Gasteiger partial charge in [-0.05, 0) is 44.9 Å². The summed E-state index contributed by atoms with van der Waals surface area (Å²) in [4.78, 5) is 25.3. The molecule has 8 nitrogen and oxygen atoms in total. The molecular formula is C48H93N2O6P. The third-order valence-electron chi connectivity index (χ3n) is 10.6. The fourth-order valence-corrected chi connectivity index (χ4v) is 7.50. The Morgan fingerprint density at radius 3 is 1.42 bits per heavy atom. The van der Waals surface area contributed by atoms with Gasteiger partial charge in [0.2, 0.25) is 5.91 Å². The molecule has 336 valence electrons. The first-order valence-corrected chi connectivity index (χ1v) is 25.3. The summed E-state index contributed by atoms with van der Waals surface area (Å²) in [7, 11) is 1.24. The Hall–Kier alpha value is -1.28. The Bertz CT molecular complexity index is 1030. The largest absolute Gasteiger partial charge is 0.756 e. The van der Waals surface area contributed by atoms with Crippen LogP contribution in [0.15, 0.2) is 36.5 Å². The van der Waals surface area contributed by atoms with Crippen LogP contribution >= 0.6 is 7.82 Å². The van der Waals surface area contributed by atoms with Crippen molar-refractivity contribution < 1.29 is 32.9 Å². The SMILES string of the molecule is CCCCCCCCCCCCCCC/C=C/CC/C=C/CC/C=C/C(O)C(COP(=O)([O-])OCC[N+](C)(C)C)NC(=O)CCCCCCCCCCCCCC. The van der Waals surface area contributed by atoms with Crippen molar-refractivity contribution in [1.82, 2.24) is 5.32 Å². The summed E-state index contributed by atoms with van der Waals surface area (Å²) in [5.74, 6) is -0.212. The number of nitrogens with zero attached hydrogens (tertiary/aromatic N) is 1. The molecule has 3 atom stereocenters. The average molecular weight is 825 g/mol. The second-order valence-corrected chi connectivity index (χ2v) is 18.9. The highest BCUT2D eigenvalue weighted by atomic mass is 31.2. The molecule has 0 spiro atoms. The van der Waals surface area contributed by atoms with Crippen LogP contribution in [0.1, 0.15) is 213 Å². The zero-order chi connectivity index (χ0) is 42.1. The van der Waals surface area contributed by atoms with Crippen LogP contribution < -0.4 is 10.2 Å². The minimum absolute atomic E-state index is 0.00791. The number of aliphatic hydroxyl groups is 1. The lowest BCUT2D eigenvalue weighted by Crippen LogP contribution is -2.45. The molecule has 0 aliphatic carbocycles. The molecule has 3 unspecified atom stereocenters. The highest BCUT2D eigenvalue weighted by Crippen LogP contribution is 2.38. The van der Waals surface area contributed by atoms with Crippen LogP contribution in [0.5, 0.6) is 0 Å². The molecule has 0 aromatic carbocycles. The van der Waals surface area contributed by atoms with Gasteiger partial charge in [0.15, 0.2) is 0 Å². The van der Waals surface area contributed by atoms with Crippen molar-refractivity contribution in [2.45, 2.75) is 225 Å². The van der Waals surface area contributed by atoms with Crippen molar-refractivity contribution in [3.8, 4) is 0 Å². The minimum Gasteiger partial charge on any atom is -0.756 e. The van der Waals surface area contributed by atoms with E-state index >= 15 is 0 Å². The molecule has 0 aromatic heterocycles. The van der Waals surface area contributed by atoms with Gasteiger partial charge in [0.25, 0.3) is 7.82 Å². The van der Waals surface area contributed by atoms with Gasteiger partial charge in [-0.1, -0.05) is 198 Å². The summed E-state index contributed by atoms with van der Waals surface area (Å²) in [5, 5.41) is 13.8. The maximum atomic E-state index is 12.8. The van der Waals surface area contributed by atoms with Crippen LogP contribution in [-0.4, -0.2) is 68.5 Å². The number of quaternary nitrogens is 1. The number of carbonyl (C=O) groups excluding carboxylic acids is 1. The molecule has 0 radical (unpaired) electrons. The number of rotatable bonds is 43. The summed E-state index contributed by atoms with van der Waals surface area (Å²) in [5.41, 5.74) is 0. The normalized spacial score (nSPS) is 14.6. The molecule has 9 heteroatoms. The summed E-state index contributed by atoms with van der Waals surface area (Å²) >= 11 is 0. The van der Waals surface area contributed by atoms with E-state index in [1.165, 1.54) is 148 Å². The maximum absolute atomic E-state index is 12.8. The molecular weight excluding hydrogens is 732 g/mol. The van der Waals surface area contributed by atoms with Gasteiger partial charge < -0.3 is 28.8 Å². The van der Waals surface area contributed by atoms with E-state index in [9.17, 15) is 19.4 Å². The van der Waals surface area contributed by atoms with E-state index in [0.717, 1.165) is 44.9 Å². The van der Waals surface area contributed by atoms with E-state index in [-0.39, 0.29) is 12.5 Å². The average Bonchev–Trinajstić information content (AvgIpc) is 3.16. The first-order valence-electron chi connectivity index (χ1n) is 23.9. The zero-order valence-corrected chi connectivity index (χ0v) is 38.9. The molecule has 0 rings (SSSR count). The molecule has 0 aromatic rings. The Labute approximate surface area is 353 Å². The standard InChI is InChI=1S/C48H93N2O6P/c1-6-8-10-12-14-16-18-20-21-22-23-24-25-26-27-28-29-30-31-33-35-37-39-41-47(51)46(45-56-57(53,54)55-44-43-50(3,4)5)49-48(52)42-40-38-36-34-32-19-17-15-13-11-9-7-2/h27-28,31,33,39,41,46-47,51H,6-26,29-30,32,34-38,40,42-45H2,1-5H3,(H-,49,52,53,54)/b28-27+,33-31+,41-39+. The van der Waals surface area contributed by atoms with Gasteiger partial charge in [0, 0.05) is 6.42 Å². The number of nitrogens with one attached hydrogen (secondary N) is 1. The number of carbonyl (C=O) groups is 1. The van der Waals surface area contributed by atoms with Crippen molar-refractivity contribution >= 4 is 13.7 Å². The molecule has 0 aliphatic heterocycles. The predicted molar refractivity (Wildman–Crippen MR) is 242 cm³/mol. The summed E-state index contributed by atoms with van der Waals surface area (Å²) in [6.45, 7) is 4.62. The fraction of sp³-hybridized carbons (Fsp3) is 0.854. The number of hydrogen-bond acceptors (Lipinski definition) is 6. The number of likely N-dealkylation sites (N-methyl/N-ethyl adjacent to an activating group) is 1. The third kappa shape index (κ3) is 42.6. The summed E-state index contributed by atoms with van der Waals surface area (Å²) in [6.07, 6.45) is 49.2. The van der Waals surface area contributed by atoms with E-state index in [0.29, 0.717) is 17.4 Å². The van der Waals surface area contributed by atoms with E-state index in [1.54, 1.807) is 6.08 Å². The fourth-order valence-electron chi connectivity index (χ4n) is 6.77. The number of amides is 1. The van der Waals surface area contributed by atoms with E-state index < -0.39 is 26.6 Å². The van der Waals surface area contributed by atoms with Crippen molar-refractivity contribution in [2.24, 2.45) is 0 Å². The van der Waals surface area contributed by atoms with Gasteiger partial charge in [-0.3, -0.25) is 9.36 Å². The van der Waals surface area contributed by atoms with Gasteiger partial charge in [0.05, 0.1) is 39.9 Å².